The third kappa shape index (κ3) is 6.59. The molecule has 2 amide bonds. The summed E-state index contributed by atoms with van der Waals surface area (Å²) in [5.41, 5.74) is 3.04. The number of hydrogen-bond donors (Lipinski definition) is 2. The van der Waals surface area contributed by atoms with Gasteiger partial charge in [0.2, 0.25) is 0 Å². The Labute approximate surface area is 193 Å². The predicted molar refractivity (Wildman–Crippen MR) is 130 cm³/mol. The van der Waals surface area contributed by atoms with Crippen LogP contribution in [0.25, 0.3) is 0 Å². The van der Waals surface area contributed by atoms with Crippen molar-refractivity contribution in [2.24, 2.45) is 0 Å². The second-order valence-corrected chi connectivity index (χ2v) is 7.92. The van der Waals surface area contributed by atoms with Gasteiger partial charge in [-0.3, -0.25) is 9.59 Å². The smallest absolute Gasteiger partial charge is 0.265 e. The Balaban J connectivity index is 1.54. The molecule has 3 aromatic carbocycles. The highest BCUT2D eigenvalue weighted by molar-refractivity contribution is 6.33. The van der Waals surface area contributed by atoms with Gasteiger partial charge in [-0.25, -0.2) is 0 Å². The number of para-hydroxylation sites is 1. The summed E-state index contributed by atoms with van der Waals surface area (Å²) < 4.78 is 5.70. The maximum atomic E-state index is 12.5. The molecule has 2 N–H and O–H groups in total. The average molecular weight is 451 g/mol. The molecule has 32 heavy (non-hydrogen) atoms. The first-order valence-corrected chi connectivity index (χ1v) is 11.1. The zero-order valence-corrected chi connectivity index (χ0v) is 19.0. The van der Waals surface area contributed by atoms with E-state index in [0.29, 0.717) is 22.0 Å². The van der Waals surface area contributed by atoms with E-state index >= 15 is 0 Å². The third-order valence-electron chi connectivity index (χ3n) is 4.96. The van der Waals surface area contributed by atoms with Gasteiger partial charge in [-0.1, -0.05) is 49.2 Å². The molecular weight excluding hydrogens is 424 g/mol. The molecule has 0 bridgehead atoms. The highest BCUT2D eigenvalue weighted by Crippen LogP contribution is 2.21. The molecule has 0 saturated carbocycles. The number of rotatable bonds is 9. The predicted octanol–water partition coefficient (Wildman–Crippen LogP) is 6.34. The summed E-state index contributed by atoms with van der Waals surface area (Å²) in [6, 6.07) is 21.6. The number of unbranched alkanes of at least 4 members (excludes halogenated alkanes) is 1. The molecule has 6 heteroatoms. The van der Waals surface area contributed by atoms with Crippen molar-refractivity contribution in [2.75, 3.05) is 10.6 Å². The van der Waals surface area contributed by atoms with Crippen molar-refractivity contribution in [3.8, 4) is 5.75 Å². The fourth-order valence-corrected chi connectivity index (χ4v) is 3.26. The van der Waals surface area contributed by atoms with Crippen molar-refractivity contribution >= 4 is 34.8 Å². The van der Waals surface area contributed by atoms with E-state index in [4.69, 9.17) is 16.3 Å². The lowest BCUT2D eigenvalue weighted by molar-refractivity contribution is -0.122. The van der Waals surface area contributed by atoms with E-state index in [2.05, 4.69) is 17.6 Å². The minimum Gasteiger partial charge on any atom is -0.481 e. The average Bonchev–Trinajstić information content (AvgIpc) is 2.80. The van der Waals surface area contributed by atoms with Crippen LogP contribution in [0.5, 0.6) is 5.75 Å². The van der Waals surface area contributed by atoms with Gasteiger partial charge in [0.1, 0.15) is 5.75 Å². The molecule has 0 aromatic heterocycles. The Kier molecular flexibility index (Phi) is 8.28. The molecule has 5 nitrogen and oxygen atoms in total. The van der Waals surface area contributed by atoms with Crippen molar-refractivity contribution in [1.82, 2.24) is 0 Å². The SMILES string of the molecule is CCCCc1ccc(NC(=O)c2ccc(O[C@@H](C)C(=O)Nc3ccccc3Cl)cc2)cc1. The number of carbonyl (C=O) groups excluding carboxylic acids is 2. The van der Waals surface area contributed by atoms with E-state index in [1.165, 1.54) is 5.56 Å². The van der Waals surface area contributed by atoms with Gasteiger partial charge in [0.25, 0.3) is 11.8 Å². The van der Waals surface area contributed by atoms with Crippen LogP contribution in [-0.4, -0.2) is 17.9 Å². The number of halogens is 1. The molecule has 0 radical (unpaired) electrons. The summed E-state index contributed by atoms with van der Waals surface area (Å²) in [5.74, 6) is -0.0340. The van der Waals surface area contributed by atoms with E-state index in [0.717, 1.165) is 24.9 Å². The number of carbonyl (C=O) groups is 2. The lowest BCUT2D eigenvalue weighted by atomic mass is 10.1. The molecule has 0 aliphatic carbocycles. The summed E-state index contributed by atoms with van der Waals surface area (Å²) in [4.78, 5) is 24.9. The molecule has 0 spiro atoms. The van der Waals surface area contributed by atoms with Crippen LogP contribution >= 0.6 is 11.6 Å². The summed E-state index contributed by atoms with van der Waals surface area (Å²) in [6.07, 6.45) is 2.61. The van der Waals surface area contributed by atoms with Crippen LogP contribution in [0.2, 0.25) is 5.02 Å². The van der Waals surface area contributed by atoms with Crippen LogP contribution in [0.1, 0.15) is 42.6 Å². The van der Waals surface area contributed by atoms with Crippen LogP contribution < -0.4 is 15.4 Å². The first-order chi connectivity index (χ1) is 15.5. The molecule has 0 aliphatic heterocycles. The van der Waals surface area contributed by atoms with Crippen LogP contribution in [-0.2, 0) is 11.2 Å². The number of anilines is 2. The number of aryl methyl sites for hydroxylation is 1. The van der Waals surface area contributed by atoms with Crippen molar-refractivity contribution in [3.05, 3.63) is 88.9 Å². The number of ether oxygens (including phenoxy) is 1. The molecule has 0 saturated heterocycles. The van der Waals surface area contributed by atoms with Crippen LogP contribution in [0.15, 0.2) is 72.8 Å². The van der Waals surface area contributed by atoms with Gasteiger partial charge in [0.05, 0.1) is 10.7 Å². The van der Waals surface area contributed by atoms with Crippen LogP contribution in [0.3, 0.4) is 0 Å². The second kappa shape index (κ2) is 11.3. The summed E-state index contributed by atoms with van der Waals surface area (Å²) in [5, 5.41) is 6.10. The number of hydrogen-bond acceptors (Lipinski definition) is 3. The van der Waals surface area contributed by atoms with Gasteiger partial charge >= 0.3 is 0 Å². The Morgan fingerprint density at radius 2 is 1.62 bits per heavy atom. The Morgan fingerprint density at radius 3 is 2.28 bits per heavy atom. The molecule has 3 rings (SSSR count). The van der Waals surface area contributed by atoms with Gasteiger partial charge in [-0.15, -0.1) is 0 Å². The van der Waals surface area contributed by atoms with Crippen LogP contribution in [0.4, 0.5) is 11.4 Å². The molecule has 1 atom stereocenters. The quantitative estimate of drug-likeness (QED) is 0.399. The van der Waals surface area contributed by atoms with E-state index in [9.17, 15) is 9.59 Å². The first-order valence-electron chi connectivity index (χ1n) is 10.7. The van der Waals surface area contributed by atoms with Gasteiger partial charge in [-0.2, -0.15) is 0 Å². The number of amides is 2. The molecule has 0 fully saturated rings. The largest absolute Gasteiger partial charge is 0.481 e. The molecule has 3 aromatic rings. The van der Waals surface area contributed by atoms with Crippen molar-refractivity contribution in [2.45, 2.75) is 39.2 Å². The zero-order valence-electron chi connectivity index (χ0n) is 18.2. The highest BCUT2D eigenvalue weighted by Gasteiger charge is 2.16. The monoisotopic (exact) mass is 450 g/mol. The van der Waals surface area contributed by atoms with E-state index in [1.807, 2.05) is 24.3 Å². The van der Waals surface area contributed by atoms with Gasteiger partial charge in [-0.05, 0) is 73.9 Å². The fraction of sp³-hybridized carbons (Fsp3) is 0.231. The summed E-state index contributed by atoms with van der Waals surface area (Å²) in [6.45, 7) is 3.82. The molecule has 0 unspecified atom stereocenters. The maximum Gasteiger partial charge on any atom is 0.265 e. The molecule has 0 heterocycles. The second-order valence-electron chi connectivity index (χ2n) is 7.51. The Hall–Kier alpha value is -3.31. The standard InChI is InChI=1S/C26H27ClN2O3/c1-3-4-7-19-10-14-21(15-11-19)28-26(31)20-12-16-22(17-13-20)32-18(2)25(30)29-24-9-6-5-8-23(24)27/h5-6,8-18H,3-4,7H2,1-2H3,(H,28,31)(H,29,30)/t18-/m0/s1. The topological polar surface area (TPSA) is 67.4 Å². The van der Waals surface area contributed by atoms with E-state index < -0.39 is 6.10 Å². The fourth-order valence-electron chi connectivity index (χ4n) is 3.08. The van der Waals surface area contributed by atoms with Gasteiger partial charge in [0, 0.05) is 11.3 Å². The zero-order chi connectivity index (χ0) is 22.9. The van der Waals surface area contributed by atoms with E-state index in [-0.39, 0.29) is 11.8 Å². The lowest BCUT2D eigenvalue weighted by Crippen LogP contribution is -2.30. The minimum absolute atomic E-state index is 0.206. The lowest BCUT2D eigenvalue weighted by Gasteiger charge is -2.15. The summed E-state index contributed by atoms with van der Waals surface area (Å²) in [7, 11) is 0. The van der Waals surface area contributed by atoms with E-state index in [1.54, 1.807) is 55.5 Å². The van der Waals surface area contributed by atoms with Gasteiger partial charge in [0.15, 0.2) is 6.10 Å². The Morgan fingerprint density at radius 1 is 0.938 bits per heavy atom. The minimum atomic E-state index is -0.739. The third-order valence-corrected chi connectivity index (χ3v) is 5.29. The number of nitrogens with one attached hydrogen (secondary N) is 2. The van der Waals surface area contributed by atoms with Crippen LogP contribution in [0, 0.1) is 0 Å². The molecule has 0 aliphatic rings. The normalized spacial score (nSPS) is 11.5. The first kappa shape index (κ1) is 23.4. The molecular formula is C26H27ClN2O3. The maximum absolute atomic E-state index is 12.5. The van der Waals surface area contributed by atoms with Crippen molar-refractivity contribution in [1.29, 1.82) is 0 Å². The van der Waals surface area contributed by atoms with Crippen molar-refractivity contribution in [3.63, 3.8) is 0 Å². The summed E-state index contributed by atoms with van der Waals surface area (Å²) >= 11 is 6.07. The number of benzene rings is 3. The van der Waals surface area contributed by atoms with Crippen molar-refractivity contribution < 1.29 is 14.3 Å². The Bertz CT molecular complexity index is 1050. The highest BCUT2D eigenvalue weighted by atomic mass is 35.5. The molecule has 166 valence electrons. The van der Waals surface area contributed by atoms with Gasteiger partial charge < -0.3 is 15.4 Å².